The molecule has 1 fully saturated rings. The minimum Gasteiger partial charge on any atom is -0.448 e. The molecule has 1 aliphatic rings. The van der Waals surface area contributed by atoms with Crippen LogP contribution in [-0.2, 0) is 4.74 Å². The van der Waals surface area contributed by atoms with Crippen LogP contribution in [-0.4, -0.2) is 31.5 Å². The first-order chi connectivity index (χ1) is 4.89. The third-order valence-corrected chi connectivity index (χ3v) is 0.605. The molecule has 0 radical (unpaired) electrons. The van der Waals surface area contributed by atoms with Crippen LogP contribution in [0, 0.1) is 0 Å². The predicted octanol–water partition coefficient (Wildman–Crippen LogP) is 0.0957. The zero-order valence-electron chi connectivity index (χ0n) is 5.57. The van der Waals surface area contributed by atoms with E-state index in [4.69, 9.17) is 5.11 Å². The van der Waals surface area contributed by atoms with Gasteiger partial charge in [0, 0.05) is 7.11 Å². The summed E-state index contributed by atoms with van der Waals surface area (Å²) in [5.74, 6) is 0. The summed E-state index contributed by atoms with van der Waals surface area (Å²) in [5.41, 5.74) is 0. The van der Waals surface area contributed by atoms with E-state index in [2.05, 4.69) is 33.4 Å². The Morgan fingerprint density at radius 2 is 2.10 bits per heavy atom. The molecule has 1 aliphatic heterocycles. The summed E-state index contributed by atoms with van der Waals surface area (Å²) in [6, 6.07) is 0. The number of cyclic esters (lactones) is 1. The van der Waals surface area contributed by atoms with Crippen LogP contribution in [0.5, 0.6) is 0 Å². The molecule has 0 aromatic heterocycles. The molecule has 0 spiro atoms. The maximum atomic E-state index is 9.91. The maximum absolute atomic E-state index is 9.91. The SMILES string of the molecule is CO.O=C1NCCO1.SS. The lowest BCUT2D eigenvalue weighted by molar-refractivity contribution is 0.178. The van der Waals surface area contributed by atoms with E-state index >= 15 is 0 Å². The Bertz CT molecular complexity index is 72.9. The van der Waals surface area contributed by atoms with Crippen molar-refractivity contribution in [1.29, 1.82) is 0 Å². The molecule has 10 heavy (non-hydrogen) atoms. The molecule has 1 heterocycles. The van der Waals surface area contributed by atoms with E-state index in [1.54, 1.807) is 0 Å². The topological polar surface area (TPSA) is 58.6 Å². The van der Waals surface area contributed by atoms with E-state index < -0.39 is 0 Å². The second-order valence-corrected chi connectivity index (χ2v) is 1.06. The van der Waals surface area contributed by atoms with Crippen molar-refractivity contribution in [3.05, 3.63) is 0 Å². The van der Waals surface area contributed by atoms with Crippen molar-refractivity contribution in [2.24, 2.45) is 0 Å². The number of amides is 1. The van der Waals surface area contributed by atoms with Crippen molar-refractivity contribution >= 4 is 29.4 Å². The monoisotopic (exact) mass is 185 g/mol. The van der Waals surface area contributed by atoms with Gasteiger partial charge in [0.1, 0.15) is 6.61 Å². The Balaban J connectivity index is 0. The first-order valence-corrected chi connectivity index (χ1v) is 4.05. The molecule has 0 aromatic carbocycles. The number of ether oxygens (including phenoxy) is 1. The van der Waals surface area contributed by atoms with Gasteiger partial charge in [-0.1, -0.05) is 0 Å². The number of aliphatic hydroxyl groups excluding tert-OH is 1. The van der Waals surface area contributed by atoms with Gasteiger partial charge in [-0.3, -0.25) is 0 Å². The lowest BCUT2D eigenvalue weighted by Gasteiger charge is -1.80. The standard InChI is InChI=1S/C3H5NO2.CH4O.H2S2/c5-3-4-1-2-6-3;2*1-2/h1-2H2,(H,4,5);2H,1H3;1-2H. The van der Waals surface area contributed by atoms with E-state index in [0.717, 1.165) is 7.11 Å². The van der Waals surface area contributed by atoms with E-state index in [-0.39, 0.29) is 6.09 Å². The fourth-order valence-electron chi connectivity index (χ4n) is 0.348. The quantitative estimate of drug-likeness (QED) is 0.320. The number of alkyl carbamates (subject to hydrolysis) is 1. The molecule has 1 amide bonds. The lowest BCUT2D eigenvalue weighted by atomic mass is 10.7. The van der Waals surface area contributed by atoms with Crippen LogP contribution < -0.4 is 5.32 Å². The molecule has 0 saturated carbocycles. The number of hydrogen-bond donors (Lipinski definition) is 4. The molecule has 0 atom stereocenters. The normalized spacial score (nSPS) is 13.0. The van der Waals surface area contributed by atoms with E-state index in [1.807, 2.05) is 0 Å². The zero-order valence-corrected chi connectivity index (χ0v) is 7.36. The second-order valence-electron chi connectivity index (χ2n) is 1.06. The average molecular weight is 185 g/mol. The van der Waals surface area contributed by atoms with Crippen LogP contribution in [0.4, 0.5) is 4.79 Å². The fourth-order valence-corrected chi connectivity index (χ4v) is 0.348. The Morgan fingerprint density at radius 3 is 2.20 bits per heavy atom. The first kappa shape index (κ1) is 12.6. The van der Waals surface area contributed by atoms with Gasteiger partial charge in [0.2, 0.25) is 0 Å². The van der Waals surface area contributed by atoms with Crippen molar-refractivity contribution in [3.8, 4) is 0 Å². The molecular formula is C4H11NO3S2. The summed E-state index contributed by atoms with van der Waals surface area (Å²) in [6.45, 7) is 1.19. The van der Waals surface area contributed by atoms with Crippen molar-refractivity contribution in [3.63, 3.8) is 0 Å². The van der Waals surface area contributed by atoms with Crippen LogP contribution in [0.3, 0.4) is 0 Å². The highest BCUT2D eigenvalue weighted by Gasteiger charge is 2.06. The second kappa shape index (κ2) is 11.7. The van der Waals surface area contributed by atoms with Crippen LogP contribution in [0.2, 0.25) is 0 Å². The third kappa shape index (κ3) is 7.93. The Labute approximate surface area is 70.2 Å². The van der Waals surface area contributed by atoms with Gasteiger partial charge in [-0.05, 0) is 0 Å². The van der Waals surface area contributed by atoms with E-state index in [9.17, 15) is 4.79 Å². The molecule has 0 bridgehead atoms. The molecule has 0 aliphatic carbocycles. The molecule has 1 saturated heterocycles. The zero-order chi connectivity index (χ0) is 8.41. The van der Waals surface area contributed by atoms with Gasteiger partial charge in [-0.25, -0.2) is 4.79 Å². The van der Waals surface area contributed by atoms with Gasteiger partial charge < -0.3 is 15.2 Å². The first-order valence-electron chi connectivity index (χ1n) is 2.45. The highest BCUT2D eigenvalue weighted by Crippen LogP contribution is 1.82. The number of rotatable bonds is 0. The molecule has 2 N–H and O–H groups in total. The van der Waals surface area contributed by atoms with Crippen LogP contribution in [0.25, 0.3) is 0 Å². The molecule has 0 unspecified atom stereocenters. The highest BCUT2D eigenvalue weighted by molar-refractivity contribution is 8.59. The molecule has 1 rings (SSSR count). The summed E-state index contributed by atoms with van der Waals surface area (Å²) in [4.78, 5) is 9.91. The summed E-state index contributed by atoms with van der Waals surface area (Å²) in [7, 11) is 1.00. The Morgan fingerprint density at radius 1 is 1.60 bits per heavy atom. The minimum atomic E-state index is -0.296. The average Bonchev–Trinajstić information content (AvgIpc) is 2.48. The third-order valence-electron chi connectivity index (χ3n) is 0.605. The van der Waals surface area contributed by atoms with Gasteiger partial charge >= 0.3 is 6.09 Å². The predicted molar refractivity (Wildman–Crippen MR) is 45.5 cm³/mol. The number of carbonyl (C=O) groups is 1. The van der Waals surface area contributed by atoms with Gasteiger partial charge in [0.25, 0.3) is 0 Å². The Hall–Kier alpha value is -0.0700. The van der Waals surface area contributed by atoms with Gasteiger partial charge in [-0.2, -0.15) is 0 Å². The van der Waals surface area contributed by atoms with Crippen molar-refractivity contribution < 1.29 is 14.6 Å². The largest absolute Gasteiger partial charge is 0.448 e. The van der Waals surface area contributed by atoms with Crippen LogP contribution in [0.15, 0.2) is 0 Å². The number of aliphatic hydroxyl groups is 1. The molecule has 6 heteroatoms. The van der Waals surface area contributed by atoms with Crippen LogP contribution >= 0.6 is 23.3 Å². The molecule has 4 nitrogen and oxygen atoms in total. The maximum Gasteiger partial charge on any atom is 0.407 e. The number of nitrogens with one attached hydrogen (secondary N) is 1. The minimum absolute atomic E-state index is 0.296. The summed E-state index contributed by atoms with van der Waals surface area (Å²) in [6.07, 6.45) is -0.296. The van der Waals surface area contributed by atoms with E-state index in [0.29, 0.717) is 13.2 Å². The van der Waals surface area contributed by atoms with Gasteiger partial charge in [-0.15, -0.1) is 23.3 Å². The van der Waals surface area contributed by atoms with Crippen LogP contribution in [0.1, 0.15) is 0 Å². The molecular weight excluding hydrogens is 174 g/mol. The number of carbonyl (C=O) groups excluding carboxylic acids is 1. The van der Waals surface area contributed by atoms with Crippen molar-refractivity contribution in [2.75, 3.05) is 20.3 Å². The smallest absolute Gasteiger partial charge is 0.407 e. The lowest BCUT2D eigenvalue weighted by Crippen LogP contribution is -2.11. The molecule has 62 valence electrons. The number of thiol groups is 2. The van der Waals surface area contributed by atoms with Crippen molar-refractivity contribution in [1.82, 2.24) is 5.32 Å². The summed E-state index contributed by atoms with van der Waals surface area (Å²) >= 11 is 6.44. The summed E-state index contributed by atoms with van der Waals surface area (Å²) < 4.78 is 4.40. The van der Waals surface area contributed by atoms with Crippen molar-refractivity contribution in [2.45, 2.75) is 0 Å². The Kier molecular flexibility index (Phi) is 14.7. The molecule has 0 aromatic rings. The van der Waals surface area contributed by atoms with Gasteiger partial charge in [0.05, 0.1) is 6.54 Å². The van der Waals surface area contributed by atoms with E-state index in [1.165, 1.54) is 0 Å². The van der Waals surface area contributed by atoms with Gasteiger partial charge in [0.15, 0.2) is 0 Å². The fraction of sp³-hybridized carbons (Fsp3) is 0.750. The number of hydrogen-bond acceptors (Lipinski definition) is 5. The highest BCUT2D eigenvalue weighted by atomic mass is 33.1. The summed E-state index contributed by atoms with van der Waals surface area (Å²) in [5, 5.41) is 9.46.